The van der Waals surface area contributed by atoms with Crippen molar-refractivity contribution in [2.45, 2.75) is 31.2 Å². The van der Waals surface area contributed by atoms with E-state index in [2.05, 4.69) is 44.5 Å². The lowest BCUT2D eigenvalue weighted by molar-refractivity contribution is -0.130. The second kappa shape index (κ2) is 9.27. The highest BCUT2D eigenvalue weighted by Crippen LogP contribution is 2.53. The molecule has 0 saturated heterocycles. The Bertz CT molecular complexity index is 1760. The number of hydrogen-bond donors (Lipinski definition) is 1. The number of hydrogen-bond acceptors (Lipinski definition) is 5. The third-order valence-corrected chi connectivity index (χ3v) is 7.47. The molecule has 1 aliphatic rings. The SMILES string of the molecule is CC(NC(=O)c1ccc(-c2cnc3ncc(C4(c5ccc6ncccc6c5)CC4)n3c2)cc1F)C(=O)N(C)C. The number of carbonyl (C=O) groups is 2. The molecule has 1 atom stereocenters. The molecule has 9 heteroatoms. The van der Waals surface area contributed by atoms with E-state index in [0.717, 1.165) is 29.4 Å². The van der Waals surface area contributed by atoms with E-state index >= 15 is 4.39 Å². The van der Waals surface area contributed by atoms with Gasteiger partial charge in [0.25, 0.3) is 5.91 Å². The van der Waals surface area contributed by atoms with E-state index in [-0.39, 0.29) is 16.9 Å². The summed E-state index contributed by atoms with van der Waals surface area (Å²) in [6.07, 6.45) is 9.21. The third kappa shape index (κ3) is 4.29. The van der Waals surface area contributed by atoms with E-state index in [1.54, 1.807) is 39.5 Å². The van der Waals surface area contributed by atoms with Crippen LogP contribution in [0.25, 0.3) is 27.8 Å². The molecule has 2 amide bonds. The summed E-state index contributed by atoms with van der Waals surface area (Å²) in [4.78, 5) is 39.6. The lowest BCUT2D eigenvalue weighted by Crippen LogP contribution is -2.44. The normalized spacial score (nSPS) is 14.8. The van der Waals surface area contributed by atoms with Crippen molar-refractivity contribution in [3.8, 4) is 11.1 Å². The number of likely N-dealkylation sites (N-methyl/N-ethyl adjacent to an activating group) is 1. The van der Waals surface area contributed by atoms with Gasteiger partial charge in [0.05, 0.1) is 23.0 Å². The molecule has 1 unspecified atom stereocenters. The van der Waals surface area contributed by atoms with Crippen LogP contribution in [0.3, 0.4) is 0 Å². The molecule has 0 aliphatic heterocycles. The van der Waals surface area contributed by atoms with E-state index in [1.165, 1.54) is 22.6 Å². The lowest BCUT2D eigenvalue weighted by Gasteiger charge is -2.18. The zero-order valence-corrected chi connectivity index (χ0v) is 21.9. The quantitative estimate of drug-likeness (QED) is 0.358. The lowest BCUT2D eigenvalue weighted by atomic mass is 9.91. The Morgan fingerprint density at radius 1 is 1.03 bits per heavy atom. The van der Waals surface area contributed by atoms with Crippen molar-refractivity contribution in [1.82, 2.24) is 29.6 Å². The first kappa shape index (κ1) is 24.7. The van der Waals surface area contributed by atoms with Gasteiger partial charge in [0.1, 0.15) is 11.9 Å². The first-order valence-corrected chi connectivity index (χ1v) is 12.8. The van der Waals surface area contributed by atoms with Gasteiger partial charge in [0.15, 0.2) is 0 Å². The maximum Gasteiger partial charge on any atom is 0.254 e. The summed E-state index contributed by atoms with van der Waals surface area (Å²) in [6, 6.07) is 14.0. The van der Waals surface area contributed by atoms with Crippen molar-refractivity contribution in [3.05, 3.63) is 96.0 Å². The summed E-state index contributed by atoms with van der Waals surface area (Å²) in [5.41, 5.74) is 4.18. The highest BCUT2D eigenvalue weighted by Gasteiger charge is 2.48. The molecule has 1 fully saturated rings. The zero-order chi connectivity index (χ0) is 27.3. The zero-order valence-electron chi connectivity index (χ0n) is 21.9. The summed E-state index contributed by atoms with van der Waals surface area (Å²) in [6.45, 7) is 1.57. The van der Waals surface area contributed by atoms with E-state index in [0.29, 0.717) is 16.9 Å². The number of nitrogens with one attached hydrogen (secondary N) is 1. The number of carbonyl (C=O) groups excluding carboxylic acids is 2. The highest BCUT2D eigenvalue weighted by molar-refractivity contribution is 5.98. The van der Waals surface area contributed by atoms with Crippen molar-refractivity contribution in [2.24, 2.45) is 0 Å². The van der Waals surface area contributed by atoms with Gasteiger partial charge in [-0.3, -0.25) is 19.0 Å². The minimum absolute atomic E-state index is 0.128. The average molecular weight is 523 g/mol. The van der Waals surface area contributed by atoms with Crippen LogP contribution in [0, 0.1) is 5.82 Å². The molecule has 1 aliphatic carbocycles. The Morgan fingerprint density at radius 3 is 2.56 bits per heavy atom. The van der Waals surface area contributed by atoms with Gasteiger partial charge in [-0.05, 0) is 61.2 Å². The molecular formula is C30H27FN6O2. The molecular weight excluding hydrogens is 495 g/mol. The molecule has 196 valence electrons. The molecule has 0 radical (unpaired) electrons. The maximum absolute atomic E-state index is 15.1. The number of rotatable bonds is 6. The number of aromatic nitrogens is 4. The molecule has 6 rings (SSSR count). The van der Waals surface area contributed by atoms with Crippen LogP contribution in [0.1, 0.15) is 41.4 Å². The maximum atomic E-state index is 15.1. The molecule has 0 bridgehead atoms. The minimum atomic E-state index is -0.772. The van der Waals surface area contributed by atoms with Crippen LogP contribution < -0.4 is 5.32 Å². The van der Waals surface area contributed by atoms with E-state index in [4.69, 9.17) is 0 Å². The molecule has 1 N–H and O–H groups in total. The van der Waals surface area contributed by atoms with Crippen LogP contribution in [0.5, 0.6) is 0 Å². The number of imidazole rings is 1. The summed E-state index contributed by atoms with van der Waals surface area (Å²) in [7, 11) is 3.20. The van der Waals surface area contributed by atoms with Gasteiger partial charge in [0.2, 0.25) is 11.7 Å². The predicted octanol–water partition coefficient (Wildman–Crippen LogP) is 4.37. The van der Waals surface area contributed by atoms with Crippen LogP contribution in [0.4, 0.5) is 4.39 Å². The number of fused-ring (bicyclic) bond motifs is 2. The number of amides is 2. The summed E-state index contributed by atoms with van der Waals surface area (Å²) < 4.78 is 17.1. The van der Waals surface area contributed by atoms with Gasteiger partial charge in [-0.2, -0.15) is 0 Å². The highest BCUT2D eigenvalue weighted by atomic mass is 19.1. The second-order valence-corrected chi connectivity index (χ2v) is 10.3. The molecule has 2 aromatic carbocycles. The topological polar surface area (TPSA) is 92.5 Å². The number of halogens is 1. The van der Waals surface area contributed by atoms with Crippen molar-refractivity contribution in [1.29, 1.82) is 0 Å². The number of benzene rings is 2. The van der Waals surface area contributed by atoms with Crippen molar-refractivity contribution < 1.29 is 14.0 Å². The van der Waals surface area contributed by atoms with Crippen LogP contribution in [0.2, 0.25) is 0 Å². The smallest absolute Gasteiger partial charge is 0.254 e. The summed E-state index contributed by atoms with van der Waals surface area (Å²) in [5, 5.41) is 3.65. The fourth-order valence-electron chi connectivity index (χ4n) is 5.17. The summed E-state index contributed by atoms with van der Waals surface area (Å²) >= 11 is 0. The van der Waals surface area contributed by atoms with Gasteiger partial charge in [-0.1, -0.05) is 18.2 Å². The molecule has 39 heavy (non-hydrogen) atoms. The number of nitrogens with zero attached hydrogens (tertiary/aromatic N) is 5. The van der Waals surface area contributed by atoms with Crippen molar-refractivity contribution >= 4 is 28.5 Å². The van der Waals surface area contributed by atoms with E-state index in [9.17, 15) is 9.59 Å². The van der Waals surface area contributed by atoms with Crippen LogP contribution >= 0.6 is 0 Å². The predicted molar refractivity (Wildman–Crippen MR) is 146 cm³/mol. The Balaban J connectivity index is 1.31. The molecule has 0 spiro atoms. The second-order valence-electron chi connectivity index (χ2n) is 10.3. The Labute approximate surface area is 224 Å². The standard InChI is InChI=1S/C30H27FN6O2/c1-18(28(39)36(2)3)35-27(38)23-8-6-19(14-24(23)31)21-15-33-29-34-16-26(37(29)17-21)30(10-11-30)22-7-9-25-20(13-22)5-4-12-32-25/h4-9,12-18H,10-11H2,1-3H3,(H,35,38). The van der Waals surface area contributed by atoms with Crippen molar-refractivity contribution in [2.75, 3.05) is 14.1 Å². The molecule has 3 aromatic heterocycles. The first-order chi connectivity index (χ1) is 18.8. The third-order valence-electron chi connectivity index (χ3n) is 7.47. The minimum Gasteiger partial charge on any atom is -0.347 e. The van der Waals surface area contributed by atoms with Gasteiger partial charge in [-0.15, -0.1) is 0 Å². The van der Waals surface area contributed by atoms with E-state index < -0.39 is 17.8 Å². The Morgan fingerprint density at radius 2 is 1.82 bits per heavy atom. The number of pyridine rings is 1. The van der Waals surface area contributed by atoms with E-state index in [1.807, 2.05) is 22.9 Å². The largest absolute Gasteiger partial charge is 0.347 e. The molecule has 1 saturated carbocycles. The van der Waals surface area contributed by atoms with Crippen LogP contribution in [0.15, 0.2) is 73.3 Å². The van der Waals surface area contributed by atoms with Crippen LogP contribution in [-0.2, 0) is 10.2 Å². The Hall–Kier alpha value is -4.66. The Kier molecular flexibility index (Phi) is 5.86. The fraction of sp³-hybridized carbons (Fsp3) is 0.233. The first-order valence-electron chi connectivity index (χ1n) is 12.8. The van der Waals surface area contributed by atoms with Crippen LogP contribution in [-0.4, -0.2) is 56.2 Å². The summed E-state index contributed by atoms with van der Waals surface area (Å²) in [5.74, 6) is -1.03. The monoisotopic (exact) mass is 522 g/mol. The fourth-order valence-corrected chi connectivity index (χ4v) is 5.17. The molecule has 5 aromatic rings. The van der Waals surface area contributed by atoms with Gasteiger partial charge in [0, 0.05) is 49.1 Å². The van der Waals surface area contributed by atoms with Crippen molar-refractivity contribution in [3.63, 3.8) is 0 Å². The van der Waals surface area contributed by atoms with Gasteiger partial charge in [-0.25, -0.2) is 14.4 Å². The van der Waals surface area contributed by atoms with Gasteiger partial charge >= 0.3 is 0 Å². The molecule has 3 heterocycles. The average Bonchev–Trinajstić information content (AvgIpc) is 3.63. The van der Waals surface area contributed by atoms with Gasteiger partial charge < -0.3 is 10.2 Å². The molecule has 8 nitrogen and oxygen atoms in total.